The normalized spacial score (nSPS) is 22.9. The zero-order valence-electron chi connectivity index (χ0n) is 44.5. The molecule has 5 aromatic rings. The number of nitrogens with zero attached hydrogens (tertiary/aromatic N) is 2. The zero-order chi connectivity index (χ0) is 52.7. The fourth-order valence-corrected chi connectivity index (χ4v) is 13.5. The largest absolute Gasteiger partial charge is 0.449 e. The Labute approximate surface area is 447 Å². The second-order valence-corrected chi connectivity index (χ2v) is 23.5. The lowest BCUT2D eigenvalue weighted by atomic mass is 9.83. The van der Waals surface area contributed by atoms with E-state index >= 15 is 4.79 Å². The third-order valence-electron chi connectivity index (χ3n) is 17.8. The van der Waals surface area contributed by atoms with E-state index in [-0.39, 0.29) is 79.1 Å². The fourth-order valence-electron chi connectivity index (χ4n) is 13.5. The summed E-state index contributed by atoms with van der Waals surface area (Å²) in [7, 11) is 0. The van der Waals surface area contributed by atoms with Crippen LogP contribution in [0, 0.1) is 17.3 Å². The number of aryl methyl sites for hydroxylation is 2. The molecule has 3 unspecified atom stereocenters. The average molecular weight is 1020 g/mol. The van der Waals surface area contributed by atoms with Crippen molar-refractivity contribution in [2.75, 3.05) is 26.4 Å². The van der Waals surface area contributed by atoms with Crippen molar-refractivity contribution in [3.05, 3.63) is 165 Å². The molecule has 2 saturated heterocycles. The number of hydrogen-bond acceptors (Lipinski definition) is 7. The van der Waals surface area contributed by atoms with Crippen molar-refractivity contribution in [1.82, 2.24) is 25.8 Å². The molecule has 0 spiro atoms. The molecule has 6 aliphatic rings. The first-order chi connectivity index (χ1) is 36.8. The number of likely N-dealkylation sites (tertiary alicyclic amines) is 1. The van der Waals surface area contributed by atoms with Gasteiger partial charge in [0.25, 0.3) is 0 Å². The number of nitrogens with one attached hydrogen (secondary N) is 3. The van der Waals surface area contributed by atoms with Gasteiger partial charge < -0.3 is 35.2 Å². The smallest absolute Gasteiger partial charge is 0.407 e. The Hall–Kier alpha value is -6.79. The Kier molecular flexibility index (Phi) is 14.6. The second kappa shape index (κ2) is 21.7. The maximum absolute atomic E-state index is 15.3. The molecule has 12 nitrogen and oxygen atoms in total. The molecule has 5 aromatic carbocycles. The topological polar surface area (TPSA) is 146 Å². The Morgan fingerprint density at radius 2 is 1.21 bits per heavy atom. The summed E-state index contributed by atoms with van der Waals surface area (Å²) in [5, 5.41) is 9.76. The van der Waals surface area contributed by atoms with Gasteiger partial charge in [-0.3, -0.25) is 19.2 Å². The molecule has 3 heterocycles. The molecule has 3 N–H and O–H groups in total. The highest BCUT2D eigenvalue weighted by Gasteiger charge is 2.47. The molecule has 0 saturated carbocycles. The highest BCUT2D eigenvalue weighted by molar-refractivity contribution is 5.93. The maximum Gasteiger partial charge on any atom is 0.407 e. The Morgan fingerprint density at radius 1 is 0.645 bits per heavy atom. The molecule has 7 atom stereocenters. The predicted octanol–water partition coefficient (Wildman–Crippen LogP) is 10.0. The van der Waals surface area contributed by atoms with Gasteiger partial charge in [0, 0.05) is 50.5 Å². The van der Waals surface area contributed by atoms with Gasteiger partial charge in [-0.2, -0.15) is 0 Å². The van der Waals surface area contributed by atoms with Gasteiger partial charge in [-0.1, -0.05) is 143 Å². The lowest BCUT2D eigenvalue weighted by molar-refractivity contribution is -0.147. The van der Waals surface area contributed by atoms with E-state index in [0.29, 0.717) is 26.1 Å². The van der Waals surface area contributed by atoms with E-state index < -0.39 is 29.6 Å². The van der Waals surface area contributed by atoms with E-state index in [2.05, 4.69) is 88.7 Å². The van der Waals surface area contributed by atoms with Gasteiger partial charge in [0.15, 0.2) is 0 Å². The highest BCUT2D eigenvalue weighted by atomic mass is 16.5. The molecule has 0 bridgehead atoms. The minimum absolute atomic E-state index is 0.0251. The van der Waals surface area contributed by atoms with Crippen LogP contribution < -0.4 is 16.0 Å². The fraction of sp³-hybridized carbons (Fsp3) is 0.453. The van der Waals surface area contributed by atoms with E-state index in [9.17, 15) is 19.2 Å². The molecule has 3 aliphatic heterocycles. The predicted molar refractivity (Wildman–Crippen MR) is 292 cm³/mol. The minimum atomic E-state index is -1.02. The summed E-state index contributed by atoms with van der Waals surface area (Å²) in [5.74, 6) is -1.26. The van der Waals surface area contributed by atoms with Crippen molar-refractivity contribution in [3.63, 3.8) is 0 Å². The summed E-state index contributed by atoms with van der Waals surface area (Å²) in [6.45, 7) is 9.61. The van der Waals surface area contributed by atoms with Crippen molar-refractivity contribution in [1.29, 1.82) is 0 Å². The standard InChI is InChI=1S/C64H73N5O7/c1-39(40-29-31-75-32-30-40)61(72)68-36-45-33-43(27-28-44(45)34-56(68)59(70)65-54-25-13-17-41-15-5-7-19-47(41)54)46-35-57(60(71)66-55-26-14-18-42-16-6-8-20-48(42)55)69(37-46)62(73)58(64(2,3)4)67-63(74)76-38-53-51-23-11-9-21-49(51)50-22-10-12-24-52(50)53/h5-12,15-16,19-24,27-28,33,39-40,46,53-58H,13-14,17-18,25-26,29-32,34-38H2,1-4H3,(H,65,70)(H,66,71)(H,67,74)/t39-,46?,54?,55?,56-,57-,58+/m0/s1. The molecule has 76 heavy (non-hydrogen) atoms. The summed E-state index contributed by atoms with van der Waals surface area (Å²) < 4.78 is 11.7. The van der Waals surface area contributed by atoms with Crippen LogP contribution in [0.2, 0.25) is 0 Å². The summed E-state index contributed by atoms with van der Waals surface area (Å²) in [5.41, 5.74) is 11.3. The molecule has 0 aromatic heterocycles. The van der Waals surface area contributed by atoms with Crippen molar-refractivity contribution in [2.45, 2.75) is 140 Å². The van der Waals surface area contributed by atoms with Crippen molar-refractivity contribution < 1.29 is 33.4 Å². The maximum atomic E-state index is 15.3. The van der Waals surface area contributed by atoms with Crippen molar-refractivity contribution in [3.8, 4) is 11.1 Å². The van der Waals surface area contributed by atoms with Gasteiger partial charge in [-0.25, -0.2) is 4.79 Å². The van der Waals surface area contributed by atoms with Crippen LogP contribution in [0.25, 0.3) is 11.1 Å². The SMILES string of the molecule is C[C@H](C(=O)N1Cc2cc(C3C[C@@H](C(=O)NC4CCCc5ccccc54)N(C(=O)[C@@H](NC(=O)OCC4c5ccccc5-c5ccccc54)C(C)(C)C)C3)ccc2C[C@H]1C(=O)NC1CCCc2ccccc21)C1CCOCC1. The van der Waals surface area contributed by atoms with Crippen molar-refractivity contribution in [2.24, 2.45) is 17.3 Å². The Bertz CT molecular complexity index is 2970. The number of fused-ring (bicyclic) bond motifs is 6. The zero-order valence-corrected chi connectivity index (χ0v) is 44.5. The van der Waals surface area contributed by atoms with E-state index in [0.717, 1.165) is 101 Å². The lowest BCUT2D eigenvalue weighted by Crippen LogP contribution is -2.58. The Balaban J connectivity index is 0.862. The van der Waals surface area contributed by atoms with E-state index in [1.807, 2.05) is 75.1 Å². The summed E-state index contributed by atoms with van der Waals surface area (Å²) in [4.78, 5) is 77.2. The van der Waals surface area contributed by atoms with Crippen LogP contribution in [0.4, 0.5) is 4.79 Å². The quantitative estimate of drug-likeness (QED) is 0.119. The van der Waals surface area contributed by atoms with E-state index in [1.165, 1.54) is 11.1 Å². The molecular formula is C64H73N5O7. The molecule has 2 fully saturated rings. The second-order valence-electron chi connectivity index (χ2n) is 23.5. The number of benzene rings is 5. The van der Waals surface area contributed by atoms with E-state index in [1.54, 1.807) is 4.90 Å². The first kappa shape index (κ1) is 51.3. The first-order valence-electron chi connectivity index (χ1n) is 28.0. The number of carbonyl (C=O) groups is 5. The lowest BCUT2D eigenvalue weighted by Gasteiger charge is -2.40. The molecule has 12 heteroatoms. The summed E-state index contributed by atoms with van der Waals surface area (Å²) in [6, 6.07) is 36.4. The van der Waals surface area contributed by atoms with Crippen LogP contribution in [0.5, 0.6) is 0 Å². The minimum Gasteiger partial charge on any atom is -0.449 e. The van der Waals surface area contributed by atoms with Crippen LogP contribution in [-0.4, -0.2) is 84.0 Å². The van der Waals surface area contributed by atoms with Gasteiger partial charge in [0.2, 0.25) is 23.6 Å². The molecule has 0 radical (unpaired) electrons. The van der Waals surface area contributed by atoms with Gasteiger partial charge >= 0.3 is 6.09 Å². The van der Waals surface area contributed by atoms with Crippen LogP contribution in [0.1, 0.15) is 147 Å². The third kappa shape index (κ3) is 10.3. The molecule has 3 aliphatic carbocycles. The number of hydrogen-bond donors (Lipinski definition) is 3. The number of amides is 5. The van der Waals surface area contributed by atoms with Gasteiger partial charge in [-0.15, -0.1) is 0 Å². The van der Waals surface area contributed by atoms with Gasteiger partial charge in [0.1, 0.15) is 24.7 Å². The van der Waals surface area contributed by atoms with E-state index in [4.69, 9.17) is 9.47 Å². The van der Waals surface area contributed by atoms with Gasteiger partial charge in [0.05, 0.1) is 12.1 Å². The van der Waals surface area contributed by atoms with Crippen LogP contribution >= 0.6 is 0 Å². The van der Waals surface area contributed by atoms with Crippen LogP contribution in [-0.2, 0) is 54.5 Å². The number of rotatable bonds is 11. The number of alkyl carbamates (subject to hydrolysis) is 1. The highest BCUT2D eigenvalue weighted by Crippen LogP contribution is 2.45. The van der Waals surface area contributed by atoms with Crippen LogP contribution in [0.15, 0.2) is 115 Å². The van der Waals surface area contributed by atoms with Crippen LogP contribution in [0.3, 0.4) is 0 Å². The number of ether oxygens (including phenoxy) is 2. The number of carbonyl (C=O) groups excluding carboxylic acids is 5. The molecular weight excluding hydrogens is 951 g/mol. The van der Waals surface area contributed by atoms with Crippen molar-refractivity contribution >= 4 is 29.7 Å². The first-order valence-corrected chi connectivity index (χ1v) is 28.0. The molecule has 396 valence electrons. The van der Waals surface area contributed by atoms with Gasteiger partial charge in [-0.05, 0) is 130 Å². The molecule has 5 amide bonds. The summed E-state index contributed by atoms with van der Waals surface area (Å²) >= 11 is 0. The molecule has 11 rings (SSSR count). The third-order valence-corrected chi connectivity index (χ3v) is 17.8. The summed E-state index contributed by atoms with van der Waals surface area (Å²) in [6.07, 6.45) is 7.13. The Morgan fingerprint density at radius 3 is 1.82 bits per heavy atom. The monoisotopic (exact) mass is 1020 g/mol. The average Bonchev–Trinajstić information content (AvgIpc) is 4.06.